The fourth-order valence-electron chi connectivity index (χ4n) is 3.63. The maximum atomic E-state index is 11.9. The molecule has 1 aromatic rings. The first-order chi connectivity index (χ1) is 12.0. The number of nitrogens with zero attached hydrogens (tertiary/aromatic N) is 4. The maximum Gasteiger partial charge on any atom is 0.213 e. The molecule has 0 amide bonds. The minimum Gasteiger partial charge on any atom is -0.392 e. The van der Waals surface area contributed by atoms with Crippen LogP contribution in [0.25, 0.3) is 0 Å². The molecule has 0 spiro atoms. The zero-order valence-electron chi connectivity index (χ0n) is 14.7. The second-order valence-electron chi connectivity index (χ2n) is 6.81. The Labute approximate surface area is 154 Å². The lowest BCUT2D eigenvalue weighted by Crippen LogP contribution is -2.52. The minimum absolute atomic E-state index is 0.160. The Hall–Kier alpha value is -0.740. The summed E-state index contributed by atoms with van der Waals surface area (Å²) >= 11 is 1.66. The number of hydrogen-bond donors (Lipinski definition) is 1. The van der Waals surface area contributed by atoms with Gasteiger partial charge in [-0.3, -0.25) is 4.90 Å². The van der Waals surface area contributed by atoms with E-state index < -0.39 is 10.0 Å². The fraction of sp³-hybridized carbons (Fsp3) is 0.812. The minimum atomic E-state index is -3.09. The van der Waals surface area contributed by atoms with Crippen LogP contribution in [0.15, 0.2) is 11.6 Å². The number of piperazine rings is 1. The molecule has 1 unspecified atom stereocenters. The Bertz CT molecular complexity index is 622. The Balaban J connectivity index is 1.42. The van der Waals surface area contributed by atoms with Gasteiger partial charge < -0.3 is 10.0 Å². The van der Waals surface area contributed by atoms with Crippen LogP contribution >= 0.6 is 11.3 Å². The molecule has 2 fully saturated rings. The molecule has 2 saturated heterocycles. The van der Waals surface area contributed by atoms with Gasteiger partial charge in [0.15, 0.2) is 5.13 Å². The van der Waals surface area contributed by atoms with Gasteiger partial charge in [-0.2, -0.15) is 4.31 Å². The summed E-state index contributed by atoms with van der Waals surface area (Å²) in [6.07, 6.45) is 3.45. The second-order valence-corrected chi connectivity index (χ2v) is 9.94. The van der Waals surface area contributed by atoms with Crippen molar-refractivity contribution in [3.8, 4) is 0 Å². The average Bonchev–Trinajstić information content (AvgIpc) is 3.17. The van der Waals surface area contributed by atoms with Crippen LogP contribution in [0.2, 0.25) is 0 Å². The summed E-state index contributed by atoms with van der Waals surface area (Å²) in [6, 6.07) is 0. The monoisotopic (exact) mass is 388 g/mol. The van der Waals surface area contributed by atoms with Crippen LogP contribution in [0.4, 0.5) is 5.13 Å². The molecule has 3 rings (SSSR count). The number of hydrogen-bond acceptors (Lipinski definition) is 7. The molecule has 0 bridgehead atoms. The molecule has 2 aliphatic heterocycles. The molecule has 9 heteroatoms. The van der Waals surface area contributed by atoms with Crippen molar-refractivity contribution in [2.24, 2.45) is 5.92 Å². The summed E-state index contributed by atoms with van der Waals surface area (Å²) in [5, 5.41) is 13.7. The van der Waals surface area contributed by atoms with Crippen LogP contribution in [0.3, 0.4) is 0 Å². The highest BCUT2D eigenvalue weighted by Gasteiger charge is 2.30. The van der Waals surface area contributed by atoms with E-state index in [1.807, 2.05) is 11.6 Å². The van der Waals surface area contributed by atoms with E-state index in [0.717, 1.165) is 31.1 Å². The predicted octanol–water partition coefficient (Wildman–Crippen LogP) is 0.688. The molecular weight excluding hydrogens is 360 g/mol. The van der Waals surface area contributed by atoms with E-state index in [1.165, 1.54) is 0 Å². The summed E-state index contributed by atoms with van der Waals surface area (Å²) in [5.41, 5.74) is 0. The first-order valence-electron chi connectivity index (χ1n) is 9.02. The van der Waals surface area contributed by atoms with E-state index in [2.05, 4.69) is 14.8 Å². The Morgan fingerprint density at radius 3 is 2.48 bits per heavy atom. The van der Waals surface area contributed by atoms with Crippen LogP contribution in [-0.2, 0) is 10.0 Å². The van der Waals surface area contributed by atoms with Gasteiger partial charge in [-0.1, -0.05) is 0 Å². The quantitative estimate of drug-likeness (QED) is 0.773. The SMILES string of the molecule is CCS(=O)(=O)N1CCN(CC(O)C2CCN(c3nccs3)CC2)CC1. The van der Waals surface area contributed by atoms with Crippen molar-refractivity contribution in [1.82, 2.24) is 14.2 Å². The predicted molar refractivity (Wildman–Crippen MR) is 101 cm³/mol. The van der Waals surface area contributed by atoms with Gasteiger partial charge in [0.2, 0.25) is 10.0 Å². The third-order valence-electron chi connectivity index (χ3n) is 5.31. The zero-order chi connectivity index (χ0) is 17.9. The second kappa shape index (κ2) is 8.30. The molecule has 1 aromatic heterocycles. The van der Waals surface area contributed by atoms with E-state index in [0.29, 0.717) is 38.6 Å². The number of aromatic nitrogens is 1. The molecule has 142 valence electrons. The highest BCUT2D eigenvalue weighted by Crippen LogP contribution is 2.27. The van der Waals surface area contributed by atoms with Crippen molar-refractivity contribution in [2.45, 2.75) is 25.9 Å². The summed E-state index contributed by atoms with van der Waals surface area (Å²) in [5.74, 6) is 0.474. The summed E-state index contributed by atoms with van der Waals surface area (Å²) in [4.78, 5) is 8.85. The third kappa shape index (κ3) is 4.71. The van der Waals surface area contributed by atoms with Crippen LogP contribution in [0.1, 0.15) is 19.8 Å². The van der Waals surface area contributed by atoms with E-state index in [1.54, 1.807) is 22.6 Å². The first kappa shape index (κ1) is 19.0. The van der Waals surface area contributed by atoms with Gasteiger partial charge in [-0.15, -0.1) is 11.3 Å². The molecule has 0 radical (unpaired) electrons. The topological polar surface area (TPSA) is 77.0 Å². The number of piperidine rings is 1. The first-order valence-corrected chi connectivity index (χ1v) is 11.5. The normalized spacial score (nSPS) is 23.0. The van der Waals surface area contributed by atoms with Crippen molar-refractivity contribution in [3.05, 3.63) is 11.6 Å². The number of sulfonamides is 1. The van der Waals surface area contributed by atoms with Gasteiger partial charge in [-0.05, 0) is 25.7 Å². The molecule has 2 aliphatic rings. The van der Waals surface area contributed by atoms with Crippen LogP contribution in [0, 0.1) is 5.92 Å². The highest BCUT2D eigenvalue weighted by atomic mass is 32.2. The van der Waals surface area contributed by atoms with Crippen molar-refractivity contribution < 1.29 is 13.5 Å². The van der Waals surface area contributed by atoms with Gasteiger partial charge in [0.1, 0.15) is 0 Å². The molecule has 1 atom stereocenters. The number of aliphatic hydroxyl groups is 1. The number of β-amino-alcohol motifs (C(OH)–C–C–N with tert-alkyl or cyclic N) is 1. The molecule has 1 N–H and O–H groups in total. The Kier molecular flexibility index (Phi) is 6.32. The fourth-order valence-corrected chi connectivity index (χ4v) is 5.42. The number of thiazole rings is 1. The largest absolute Gasteiger partial charge is 0.392 e. The van der Waals surface area contributed by atoms with E-state index in [9.17, 15) is 13.5 Å². The summed E-state index contributed by atoms with van der Waals surface area (Å²) in [6.45, 7) is 6.68. The van der Waals surface area contributed by atoms with Crippen LogP contribution in [0.5, 0.6) is 0 Å². The zero-order valence-corrected chi connectivity index (χ0v) is 16.4. The third-order valence-corrected chi connectivity index (χ3v) is 8.02. The smallest absolute Gasteiger partial charge is 0.213 e. The molecule has 0 aromatic carbocycles. The molecule has 0 saturated carbocycles. The van der Waals surface area contributed by atoms with E-state index in [-0.39, 0.29) is 11.9 Å². The molecular formula is C16H28N4O3S2. The number of aliphatic hydroxyl groups excluding tert-OH is 1. The van der Waals surface area contributed by atoms with Crippen molar-refractivity contribution in [1.29, 1.82) is 0 Å². The van der Waals surface area contributed by atoms with Crippen LogP contribution < -0.4 is 4.90 Å². The number of rotatable bonds is 6. The van der Waals surface area contributed by atoms with Crippen LogP contribution in [-0.4, -0.2) is 85.4 Å². The molecule has 7 nitrogen and oxygen atoms in total. The molecule has 25 heavy (non-hydrogen) atoms. The van der Waals surface area contributed by atoms with E-state index >= 15 is 0 Å². The van der Waals surface area contributed by atoms with Gasteiger partial charge in [0, 0.05) is 57.4 Å². The summed E-state index contributed by atoms with van der Waals surface area (Å²) in [7, 11) is -3.09. The average molecular weight is 389 g/mol. The van der Waals surface area contributed by atoms with Crippen molar-refractivity contribution >= 4 is 26.5 Å². The van der Waals surface area contributed by atoms with Gasteiger partial charge in [0.05, 0.1) is 11.9 Å². The Morgan fingerprint density at radius 1 is 1.24 bits per heavy atom. The summed E-state index contributed by atoms with van der Waals surface area (Å²) < 4.78 is 25.4. The van der Waals surface area contributed by atoms with Gasteiger partial charge in [-0.25, -0.2) is 13.4 Å². The molecule has 0 aliphatic carbocycles. The van der Waals surface area contributed by atoms with E-state index in [4.69, 9.17) is 0 Å². The van der Waals surface area contributed by atoms with Crippen molar-refractivity contribution in [3.63, 3.8) is 0 Å². The maximum absolute atomic E-state index is 11.9. The van der Waals surface area contributed by atoms with Crippen molar-refractivity contribution in [2.75, 3.05) is 56.5 Å². The number of anilines is 1. The lowest BCUT2D eigenvalue weighted by Gasteiger charge is -2.38. The standard InChI is InChI=1S/C16H28N4O3S2/c1-2-25(22,23)20-10-8-18(9-11-20)13-15(21)14-3-6-19(7-4-14)16-17-5-12-24-16/h5,12,14-15,21H,2-4,6-11,13H2,1H3. The molecule has 3 heterocycles. The highest BCUT2D eigenvalue weighted by molar-refractivity contribution is 7.89. The lowest BCUT2D eigenvalue weighted by molar-refractivity contribution is 0.0429. The lowest BCUT2D eigenvalue weighted by atomic mass is 9.91. The van der Waals surface area contributed by atoms with Gasteiger partial charge >= 0.3 is 0 Å². The Morgan fingerprint density at radius 2 is 1.92 bits per heavy atom. The van der Waals surface area contributed by atoms with Gasteiger partial charge in [0.25, 0.3) is 0 Å².